The maximum absolute atomic E-state index is 12.1. The van der Waals surface area contributed by atoms with Gasteiger partial charge in [0.05, 0.1) is 5.52 Å². The molecule has 0 aliphatic carbocycles. The van der Waals surface area contributed by atoms with Gasteiger partial charge < -0.3 is 15.6 Å². The maximum atomic E-state index is 12.1. The van der Waals surface area contributed by atoms with E-state index in [4.69, 9.17) is 11.6 Å². The largest absolute Gasteiger partial charge is 0.370 e. The lowest BCUT2D eigenvalue weighted by Crippen LogP contribution is -2.32. The lowest BCUT2D eigenvalue weighted by molar-refractivity contribution is 0.568. The highest BCUT2D eigenvalue weighted by molar-refractivity contribution is 6.30. The minimum absolute atomic E-state index is 0.0198. The lowest BCUT2D eigenvalue weighted by atomic mass is 10.2. The van der Waals surface area contributed by atoms with Gasteiger partial charge in [0, 0.05) is 35.6 Å². The van der Waals surface area contributed by atoms with Crippen molar-refractivity contribution in [3.63, 3.8) is 0 Å². The van der Waals surface area contributed by atoms with E-state index < -0.39 is 0 Å². The highest BCUT2D eigenvalue weighted by Crippen LogP contribution is 2.11. The van der Waals surface area contributed by atoms with E-state index in [0.29, 0.717) is 11.9 Å². The molecule has 124 valence electrons. The van der Waals surface area contributed by atoms with Gasteiger partial charge in [0.25, 0.3) is 0 Å². The normalized spacial score (nSPS) is 12.2. The number of anilines is 1. The average molecular weight is 342 g/mol. The van der Waals surface area contributed by atoms with Crippen molar-refractivity contribution in [2.75, 3.05) is 11.9 Å². The number of aromatic nitrogens is 1. The number of pyridine rings is 1. The summed E-state index contributed by atoms with van der Waals surface area (Å²) in [5.74, 6) is 0.732. The number of nitrogens with one attached hydrogen (secondary N) is 3. The van der Waals surface area contributed by atoms with Crippen LogP contribution in [0.5, 0.6) is 0 Å². The summed E-state index contributed by atoms with van der Waals surface area (Å²) >= 11 is 5.99. The number of H-pyrrole nitrogens is 1. The minimum atomic E-state index is 0.0198. The summed E-state index contributed by atoms with van der Waals surface area (Å²) in [6.07, 6.45) is 0. The van der Waals surface area contributed by atoms with E-state index in [-0.39, 0.29) is 11.5 Å². The molecule has 1 atom stereocenters. The molecule has 0 radical (unpaired) electrons. The van der Waals surface area contributed by atoms with Crippen LogP contribution in [0.25, 0.3) is 10.9 Å². The molecule has 0 bridgehead atoms. The molecule has 3 rings (SSSR count). The molecule has 2 aromatic carbocycles. The number of aromatic amines is 1. The van der Waals surface area contributed by atoms with E-state index in [1.165, 1.54) is 0 Å². The van der Waals surface area contributed by atoms with Gasteiger partial charge in [-0.3, -0.25) is 4.79 Å². The molecule has 1 aromatic heterocycles. The molecule has 0 aliphatic rings. The van der Waals surface area contributed by atoms with E-state index in [1.54, 1.807) is 6.07 Å². The molecule has 0 saturated carbocycles. The Morgan fingerprint density at radius 3 is 2.79 bits per heavy atom. The Balaban J connectivity index is 1.58. The fourth-order valence-corrected chi connectivity index (χ4v) is 2.78. The van der Waals surface area contributed by atoms with Crippen LogP contribution in [0.2, 0.25) is 5.02 Å². The molecule has 24 heavy (non-hydrogen) atoms. The van der Waals surface area contributed by atoms with Crippen LogP contribution in [0.3, 0.4) is 0 Å². The molecule has 3 aromatic rings. The fraction of sp³-hybridized carbons (Fsp3) is 0.211. The number of fused-ring (bicyclic) bond motifs is 1. The van der Waals surface area contributed by atoms with Gasteiger partial charge in [-0.1, -0.05) is 35.9 Å². The molecule has 0 spiro atoms. The van der Waals surface area contributed by atoms with Gasteiger partial charge in [-0.25, -0.2) is 0 Å². The molecule has 0 saturated heterocycles. The van der Waals surface area contributed by atoms with Gasteiger partial charge >= 0.3 is 0 Å². The molecule has 0 aliphatic heterocycles. The Labute approximate surface area is 145 Å². The van der Waals surface area contributed by atoms with Crippen LogP contribution in [0.4, 0.5) is 5.82 Å². The van der Waals surface area contributed by atoms with Crippen molar-refractivity contribution in [1.29, 1.82) is 0 Å². The first-order valence-electron chi connectivity index (χ1n) is 7.95. The van der Waals surface area contributed by atoms with Crippen LogP contribution >= 0.6 is 11.6 Å². The number of rotatable bonds is 6. The van der Waals surface area contributed by atoms with Crippen molar-refractivity contribution in [2.24, 2.45) is 0 Å². The van der Waals surface area contributed by atoms with E-state index in [9.17, 15) is 4.79 Å². The highest BCUT2D eigenvalue weighted by atomic mass is 35.5. The number of benzene rings is 2. The summed E-state index contributed by atoms with van der Waals surface area (Å²) in [6, 6.07) is 17.2. The Morgan fingerprint density at radius 2 is 1.96 bits per heavy atom. The van der Waals surface area contributed by atoms with E-state index in [1.807, 2.05) is 48.5 Å². The second kappa shape index (κ2) is 7.51. The Bertz CT molecular complexity index is 891. The average Bonchev–Trinajstić information content (AvgIpc) is 2.58. The number of para-hydroxylation sites is 1. The Kier molecular flexibility index (Phi) is 5.18. The molecule has 1 heterocycles. The third kappa shape index (κ3) is 4.16. The monoisotopic (exact) mass is 341 g/mol. The third-order valence-corrected chi connectivity index (χ3v) is 4.11. The molecular formula is C19H20ClN3O. The van der Waals surface area contributed by atoms with Crippen LogP contribution < -0.4 is 16.1 Å². The third-order valence-electron chi connectivity index (χ3n) is 3.88. The molecule has 1 unspecified atom stereocenters. The number of halogens is 1. The quantitative estimate of drug-likeness (QED) is 0.639. The van der Waals surface area contributed by atoms with Crippen molar-refractivity contribution in [1.82, 2.24) is 10.3 Å². The van der Waals surface area contributed by atoms with Crippen LogP contribution in [0, 0.1) is 0 Å². The van der Waals surface area contributed by atoms with E-state index in [0.717, 1.165) is 28.5 Å². The summed E-state index contributed by atoms with van der Waals surface area (Å²) in [5, 5.41) is 8.16. The van der Waals surface area contributed by atoms with Crippen molar-refractivity contribution < 1.29 is 0 Å². The molecule has 5 heteroatoms. The zero-order valence-electron chi connectivity index (χ0n) is 13.5. The summed E-state index contributed by atoms with van der Waals surface area (Å²) < 4.78 is 0. The number of hydrogen-bond donors (Lipinski definition) is 3. The van der Waals surface area contributed by atoms with E-state index >= 15 is 0 Å². The van der Waals surface area contributed by atoms with Crippen LogP contribution in [0.15, 0.2) is 59.4 Å². The van der Waals surface area contributed by atoms with Crippen LogP contribution in [0.1, 0.15) is 12.5 Å². The standard InChI is InChI=1S/C19H20ClN3O/c1-13(21-12-14-5-4-6-15(20)9-14)11-22-19-10-18(24)16-7-2-3-8-17(16)23-19/h2-10,13,21H,11-12H2,1H3,(H2,22,23,24). The van der Waals surface area contributed by atoms with Gasteiger partial charge in [0.15, 0.2) is 5.43 Å². The topological polar surface area (TPSA) is 56.9 Å². The predicted molar refractivity (Wildman–Crippen MR) is 101 cm³/mol. The Hall–Kier alpha value is -2.30. The smallest absolute Gasteiger partial charge is 0.191 e. The second-order valence-corrected chi connectivity index (χ2v) is 6.32. The first-order chi connectivity index (χ1) is 11.6. The van der Waals surface area contributed by atoms with Crippen molar-refractivity contribution in [3.05, 3.63) is 75.4 Å². The summed E-state index contributed by atoms with van der Waals surface area (Å²) in [6.45, 7) is 3.54. The minimum Gasteiger partial charge on any atom is -0.370 e. The molecule has 4 nitrogen and oxygen atoms in total. The molecule has 3 N–H and O–H groups in total. The molecule has 0 amide bonds. The fourth-order valence-electron chi connectivity index (χ4n) is 2.57. The second-order valence-electron chi connectivity index (χ2n) is 5.89. The van der Waals surface area contributed by atoms with Gasteiger partial charge in [-0.2, -0.15) is 0 Å². The maximum Gasteiger partial charge on any atom is 0.191 e. The summed E-state index contributed by atoms with van der Waals surface area (Å²) in [5.41, 5.74) is 2.01. The van der Waals surface area contributed by atoms with Crippen LogP contribution in [-0.2, 0) is 6.54 Å². The van der Waals surface area contributed by atoms with Crippen molar-refractivity contribution in [3.8, 4) is 0 Å². The van der Waals surface area contributed by atoms with Gasteiger partial charge in [-0.15, -0.1) is 0 Å². The van der Waals surface area contributed by atoms with E-state index in [2.05, 4.69) is 22.5 Å². The zero-order valence-corrected chi connectivity index (χ0v) is 14.2. The van der Waals surface area contributed by atoms with Gasteiger partial charge in [0.1, 0.15) is 5.82 Å². The first-order valence-corrected chi connectivity index (χ1v) is 8.33. The Morgan fingerprint density at radius 1 is 1.12 bits per heavy atom. The lowest BCUT2D eigenvalue weighted by Gasteiger charge is -2.16. The summed E-state index contributed by atoms with van der Waals surface area (Å²) in [7, 11) is 0. The van der Waals surface area contributed by atoms with Gasteiger partial charge in [0.2, 0.25) is 0 Å². The molecular weight excluding hydrogens is 322 g/mol. The first kappa shape index (κ1) is 16.6. The SMILES string of the molecule is CC(CNc1cc(=O)c2ccccc2[nH]1)NCc1cccc(Cl)c1. The summed E-state index contributed by atoms with van der Waals surface area (Å²) in [4.78, 5) is 15.3. The predicted octanol–water partition coefficient (Wildman–Crippen LogP) is 3.77. The number of hydrogen-bond acceptors (Lipinski definition) is 3. The highest BCUT2D eigenvalue weighted by Gasteiger charge is 2.04. The zero-order chi connectivity index (χ0) is 16.9. The van der Waals surface area contributed by atoms with Gasteiger partial charge in [-0.05, 0) is 36.8 Å². The van der Waals surface area contributed by atoms with Crippen molar-refractivity contribution in [2.45, 2.75) is 19.5 Å². The van der Waals surface area contributed by atoms with Crippen molar-refractivity contribution >= 4 is 28.3 Å². The van der Waals surface area contributed by atoms with Crippen LogP contribution in [-0.4, -0.2) is 17.6 Å². The molecule has 0 fully saturated rings.